The number of likely N-dealkylation sites (tertiary alicyclic amines) is 1. The predicted molar refractivity (Wildman–Crippen MR) is 138 cm³/mol. The van der Waals surface area contributed by atoms with Crippen LogP contribution in [0.4, 0.5) is 18.9 Å². The van der Waals surface area contributed by atoms with E-state index in [9.17, 15) is 22.8 Å². The number of hydrogen-bond donors (Lipinski definition) is 1. The zero-order chi connectivity index (χ0) is 26.4. The number of carbonyl (C=O) groups excluding carboxylic acids is 2. The summed E-state index contributed by atoms with van der Waals surface area (Å²) in [5.74, 6) is -0.196. The number of benzene rings is 3. The van der Waals surface area contributed by atoms with Crippen molar-refractivity contribution >= 4 is 17.4 Å². The number of nitrogens with one attached hydrogen (secondary N) is 1. The van der Waals surface area contributed by atoms with Crippen LogP contribution < -0.4 is 5.32 Å². The van der Waals surface area contributed by atoms with E-state index in [1.807, 2.05) is 60.7 Å². The van der Waals surface area contributed by atoms with Crippen LogP contribution in [0.1, 0.15) is 47.6 Å². The van der Waals surface area contributed by atoms with Crippen molar-refractivity contribution in [1.29, 1.82) is 0 Å². The Morgan fingerprint density at radius 3 is 2.19 bits per heavy atom. The average molecular weight is 509 g/mol. The first-order valence-corrected chi connectivity index (χ1v) is 12.6. The van der Waals surface area contributed by atoms with E-state index < -0.39 is 17.8 Å². The number of carbonyl (C=O) groups is 2. The molecule has 3 aromatic carbocycles. The minimum absolute atomic E-state index is 0.0200. The van der Waals surface area contributed by atoms with Crippen molar-refractivity contribution in [3.8, 4) is 0 Å². The maximum Gasteiger partial charge on any atom is 0.416 e. The van der Waals surface area contributed by atoms with Gasteiger partial charge in [0.25, 0.3) is 0 Å². The topological polar surface area (TPSA) is 49.4 Å². The Kier molecular flexibility index (Phi) is 8.44. The van der Waals surface area contributed by atoms with Crippen LogP contribution in [0.5, 0.6) is 0 Å². The van der Waals surface area contributed by atoms with Crippen molar-refractivity contribution < 1.29 is 22.8 Å². The standard InChI is InChI=1S/C30H31F3N2O2/c1-21-18-22(20-25(19-21)30(31,32)33)12-13-27(36)28(23-8-4-2-5-9-23)35-16-14-24(15-17-35)29(37)34-26-10-6-3-7-11-26/h2-11,18-20,24,28H,12-17H2,1H3,(H,34,37). The number of piperidine rings is 1. The number of rotatable bonds is 8. The fourth-order valence-corrected chi connectivity index (χ4v) is 5.00. The van der Waals surface area contributed by atoms with Crippen LogP contribution in [0.15, 0.2) is 78.9 Å². The highest BCUT2D eigenvalue weighted by atomic mass is 19.4. The maximum atomic E-state index is 13.5. The second kappa shape index (κ2) is 11.7. The van der Waals surface area contributed by atoms with E-state index in [4.69, 9.17) is 0 Å². The molecule has 1 atom stereocenters. The number of halogens is 3. The number of anilines is 1. The van der Waals surface area contributed by atoms with E-state index in [2.05, 4.69) is 10.2 Å². The molecule has 1 fully saturated rings. The molecule has 1 N–H and O–H groups in total. The number of alkyl halides is 3. The van der Waals surface area contributed by atoms with Crippen LogP contribution in [0.25, 0.3) is 0 Å². The van der Waals surface area contributed by atoms with Crippen LogP contribution >= 0.6 is 0 Å². The van der Waals surface area contributed by atoms with E-state index in [1.54, 1.807) is 13.0 Å². The van der Waals surface area contributed by atoms with Crippen LogP contribution in [-0.4, -0.2) is 29.7 Å². The van der Waals surface area contributed by atoms with Gasteiger partial charge in [0.15, 0.2) is 5.78 Å². The van der Waals surface area contributed by atoms with E-state index in [0.717, 1.165) is 23.4 Å². The first-order chi connectivity index (χ1) is 17.7. The molecule has 4 nitrogen and oxygen atoms in total. The molecule has 1 aliphatic rings. The van der Waals surface area contributed by atoms with E-state index in [1.165, 1.54) is 0 Å². The zero-order valence-corrected chi connectivity index (χ0v) is 20.8. The Morgan fingerprint density at radius 2 is 1.57 bits per heavy atom. The zero-order valence-electron chi connectivity index (χ0n) is 20.8. The molecule has 1 amide bonds. The van der Waals surface area contributed by atoms with Crippen molar-refractivity contribution in [2.24, 2.45) is 5.92 Å². The molecule has 194 valence electrons. The van der Waals surface area contributed by atoms with E-state index in [0.29, 0.717) is 37.1 Å². The summed E-state index contributed by atoms with van der Waals surface area (Å²) in [6, 6.07) is 22.3. The van der Waals surface area contributed by atoms with Crippen LogP contribution in [-0.2, 0) is 22.2 Å². The number of para-hydroxylation sites is 1. The van der Waals surface area contributed by atoms with Crippen molar-refractivity contribution in [2.45, 2.75) is 44.8 Å². The molecule has 1 unspecified atom stereocenters. The van der Waals surface area contributed by atoms with Crippen molar-refractivity contribution in [1.82, 2.24) is 4.90 Å². The molecular formula is C30H31F3N2O2. The fraction of sp³-hybridized carbons (Fsp3) is 0.333. The summed E-state index contributed by atoms with van der Waals surface area (Å²) in [5, 5.41) is 2.96. The molecule has 37 heavy (non-hydrogen) atoms. The van der Waals surface area contributed by atoms with Gasteiger partial charge in [0.2, 0.25) is 5.91 Å². The van der Waals surface area contributed by atoms with Crippen molar-refractivity contribution in [3.63, 3.8) is 0 Å². The largest absolute Gasteiger partial charge is 0.416 e. The molecule has 0 spiro atoms. The van der Waals surface area contributed by atoms with Crippen LogP contribution in [0.3, 0.4) is 0 Å². The average Bonchev–Trinajstić information content (AvgIpc) is 2.88. The molecule has 0 aliphatic carbocycles. The smallest absolute Gasteiger partial charge is 0.326 e. The normalized spacial score (nSPS) is 15.8. The molecule has 4 rings (SSSR count). The molecular weight excluding hydrogens is 477 g/mol. The number of aryl methyl sites for hydroxylation is 2. The van der Waals surface area contributed by atoms with Gasteiger partial charge in [0.05, 0.1) is 11.6 Å². The lowest BCUT2D eigenvalue weighted by Gasteiger charge is -2.36. The third-order valence-corrected chi connectivity index (χ3v) is 6.85. The second-order valence-corrected chi connectivity index (χ2v) is 9.65. The lowest BCUT2D eigenvalue weighted by atomic mass is 9.90. The lowest BCUT2D eigenvalue weighted by Crippen LogP contribution is -2.42. The van der Waals surface area contributed by atoms with Gasteiger partial charge in [0.1, 0.15) is 0 Å². The minimum atomic E-state index is -4.42. The molecule has 3 aromatic rings. The summed E-state index contributed by atoms with van der Waals surface area (Å²) in [6.07, 6.45) is -2.80. The Hall–Kier alpha value is -3.45. The third-order valence-electron chi connectivity index (χ3n) is 6.85. The monoisotopic (exact) mass is 508 g/mol. The summed E-state index contributed by atoms with van der Waals surface area (Å²) >= 11 is 0. The van der Waals surface area contributed by atoms with Gasteiger partial charge < -0.3 is 5.32 Å². The minimum Gasteiger partial charge on any atom is -0.326 e. The first kappa shape index (κ1) is 26.6. The molecule has 1 saturated heterocycles. The molecule has 1 heterocycles. The quantitative estimate of drug-likeness (QED) is 0.373. The van der Waals surface area contributed by atoms with Crippen LogP contribution in [0, 0.1) is 12.8 Å². The first-order valence-electron chi connectivity index (χ1n) is 12.6. The number of amides is 1. The maximum absolute atomic E-state index is 13.5. The van der Waals surface area contributed by atoms with E-state index in [-0.39, 0.29) is 30.4 Å². The van der Waals surface area contributed by atoms with E-state index >= 15 is 0 Å². The van der Waals surface area contributed by atoms with Gasteiger partial charge in [-0.15, -0.1) is 0 Å². The fourth-order valence-electron chi connectivity index (χ4n) is 5.00. The van der Waals surface area contributed by atoms with Gasteiger partial charge in [0, 0.05) is 18.0 Å². The van der Waals surface area contributed by atoms with Gasteiger partial charge in [-0.25, -0.2) is 0 Å². The van der Waals surface area contributed by atoms with Gasteiger partial charge in [-0.2, -0.15) is 13.2 Å². The number of nitrogens with zero attached hydrogens (tertiary/aromatic N) is 1. The molecule has 0 radical (unpaired) electrons. The molecule has 0 bridgehead atoms. The Bertz CT molecular complexity index is 1200. The highest BCUT2D eigenvalue weighted by molar-refractivity contribution is 5.92. The summed E-state index contributed by atoms with van der Waals surface area (Å²) in [7, 11) is 0. The van der Waals surface area contributed by atoms with Crippen LogP contribution in [0.2, 0.25) is 0 Å². The Balaban J connectivity index is 1.43. The molecule has 0 aromatic heterocycles. The summed E-state index contributed by atoms with van der Waals surface area (Å²) < 4.78 is 39.7. The summed E-state index contributed by atoms with van der Waals surface area (Å²) in [5.41, 5.74) is 1.96. The number of ketones is 1. The molecule has 7 heteroatoms. The van der Waals surface area contributed by atoms with Gasteiger partial charge >= 0.3 is 6.18 Å². The number of Topliss-reactive ketones (excluding diaryl/α,β-unsaturated/α-hetero) is 1. The highest BCUT2D eigenvalue weighted by Gasteiger charge is 2.33. The van der Waals surface area contributed by atoms with Crippen molar-refractivity contribution in [3.05, 3.63) is 101 Å². The van der Waals surface area contributed by atoms with Gasteiger partial charge in [-0.3, -0.25) is 14.5 Å². The SMILES string of the molecule is Cc1cc(CCC(=O)C(c2ccccc2)N2CCC(C(=O)Nc3ccccc3)CC2)cc(C(F)(F)F)c1. The molecule has 0 saturated carbocycles. The lowest BCUT2D eigenvalue weighted by molar-refractivity contribution is -0.137. The number of hydrogen-bond acceptors (Lipinski definition) is 3. The van der Waals surface area contributed by atoms with Crippen molar-refractivity contribution in [2.75, 3.05) is 18.4 Å². The highest BCUT2D eigenvalue weighted by Crippen LogP contribution is 2.32. The third kappa shape index (κ3) is 7.07. The predicted octanol–water partition coefficient (Wildman–Crippen LogP) is 6.61. The molecule has 1 aliphatic heterocycles. The Labute approximate surface area is 215 Å². The van der Waals surface area contributed by atoms with Gasteiger partial charge in [-0.05, 0) is 74.7 Å². The second-order valence-electron chi connectivity index (χ2n) is 9.65. The van der Waals surface area contributed by atoms with Gasteiger partial charge in [-0.1, -0.05) is 60.2 Å². The Morgan fingerprint density at radius 1 is 0.946 bits per heavy atom. The summed E-state index contributed by atoms with van der Waals surface area (Å²) in [4.78, 5) is 28.4. The summed E-state index contributed by atoms with van der Waals surface area (Å²) in [6.45, 7) is 2.80.